The number of benzene rings is 1. The monoisotopic (exact) mass is 228 g/mol. The van der Waals surface area contributed by atoms with Crippen LogP contribution in [0.4, 0.5) is 0 Å². The highest BCUT2D eigenvalue weighted by molar-refractivity contribution is 5.95. The zero-order chi connectivity index (χ0) is 11.8. The average molecular weight is 228 g/mol. The number of nitrogens with one attached hydrogen (secondary N) is 1. The van der Waals surface area contributed by atoms with Gasteiger partial charge in [-0.15, -0.1) is 10.2 Å². The van der Waals surface area contributed by atoms with Crippen molar-refractivity contribution in [2.45, 2.75) is 0 Å². The van der Waals surface area contributed by atoms with Gasteiger partial charge in [0, 0.05) is 5.39 Å². The molecular formula is C10H8N6O. The van der Waals surface area contributed by atoms with Gasteiger partial charge in [-0.25, -0.2) is 10.8 Å². The van der Waals surface area contributed by atoms with Gasteiger partial charge < -0.3 is 0 Å². The van der Waals surface area contributed by atoms with Crippen molar-refractivity contribution in [1.82, 2.24) is 25.0 Å². The van der Waals surface area contributed by atoms with Crippen molar-refractivity contribution in [2.75, 3.05) is 0 Å². The van der Waals surface area contributed by atoms with E-state index in [0.29, 0.717) is 5.65 Å². The highest BCUT2D eigenvalue weighted by Crippen LogP contribution is 2.16. The Morgan fingerprint density at radius 3 is 2.94 bits per heavy atom. The minimum Gasteiger partial charge on any atom is -0.287 e. The summed E-state index contributed by atoms with van der Waals surface area (Å²) in [6.45, 7) is 0. The zero-order valence-corrected chi connectivity index (χ0v) is 8.66. The van der Waals surface area contributed by atoms with Gasteiger partial charge in [0.15, 0.2) is 5.65 Å². The summed E-state index contributed by atoms with van der Waals surface area (Å²) in [5.41, 5.74) is 3.39. The predicted octanol–water partition coefficient (Wildman–Crippen LogP) is -0.119. The summed E-state index contributed by atoms with van der Waals surface area (Å²) < 4.78 is 1.50. The van der Waals surface area contributed by atoms with Crippen molar-refractivity contribution in [1.29, 1.82) is 0 Å². The third-order valence-electron chi connectivity index (χ3n) is 2.49. The number of aromatic nitrogens is 4. The van der Waals surface area contributed by atoms with Gasteiger partial charge in [0.05, 0.1) is 5.52 Å². The number of amides is 1. The van der Waals surface area contributed by atoms with Gasteiger partial charge in [0.2, 0.25) is 5.82 Å². The first kappa shape index (κ1) is 9.67. The highest BCUT2D eigenvalue weighted by Gasteiger charge is 2.14. The molecule has 0 bridgehead atoms. The molecule has 2 heterocycles. The van der Waals surface area contributed by atoms with Crippen LogP contribution in [0.3, 0.4) is 0 Å². The van der Waals surface area contributed by atoms with E-state index >= 15 is 0 Å². The average Bonchev–Trinajstić information content (AvgIpc) is 2.82. The maximum atomic E-state index is 11.4. The van der Waals surface area contributed by atoms with Gasteiger partial charge in [-0.3, -0.25) is 14.6 Å². The van der Waals surface area contributed by atoms with Crippen LogP contribution >= 0.6 is 0 Å². The fourth-order valence-electron chi connectivity index (χ4n) is 1.70. The fraction of sp³-hybridized carbons (Fsp3) is 0. The third-order valence-corrected chi connectivity index (χ3v) is 2.49. The number of carbonyl (C=O) groups is 1. The molecule has 0 aliphatic carbocycles. The highest BCUT2D eigenvalue weighted by atomic mass is 16.2. The lowest BCUT2D eigenvalue weighted by Gasteiger charge is -2.00. The minimum absolute atomic E-state index is 0.112. The van der Waals surface area contributed by atoms with Crippen LogP contribution in [0.1, 0.15) is 10.6 Å². The van der Waals surface area contributed by atoms with Gasteiger partial charge in [0.1, 0.15) is 6.33 Å². The largest absolute Gasteiger partial charge is 0.303 e. The molecule has 2 aromatic heterocycles. The van der Waals surface area contributed by atoms with Gasteiger partial charge in [0.25, 0.3) is 0 Å². The van der Waals surface area contributed by atoms with Gasteiger partial charge in [-0.05, 0) is 12.1 Å². The number of nitrogens with zero attached hydrogens (tertiary/aromatic N) is 4. The number of hydrogen-bond acceptors (Lipinski definition) is 5. The quantitative estimate of drug-likeness (QED) is 0.344. The molecule has 0 spiro atoms. The molecular weight excluding hydrogens is 220 g/mol. The van der Waals surface area contributed by atoms with E-state index in [9.17, 15) is 4.79 Å². The second kappa shape index (κ2) is 3.49. The Bertz CT molecular complexity index is 719. The molecule has 1 amide bonds. The summed E-state index contributed by atoms with van der Waals surface area (Å²) in [4.78, 5) is 15.7. The predicted molar refractivity (Wildman–Crippen MR) is 59.9 cm³/mol. The molecule has 3 N–H and O–H groups in total. The molecule has 17 heavy (non-hydrogen) atoms. The normalized spacial score (nSPS) is 10.9. The smallest absolute Gasteiger partial charge is 0.287 e. The molecule has 3 aromatic rings. The van der Waals surface area contributed by atoms with Crippen molar-refractivity contribution in [3.05, 3.63) is 36.4 Å². The summed E-state index contributed by atoms with van der Waals surface area (Å²) in [5.74, 6) is 4.67. The van der Waals surface area contributed by atoms with Crippen LogP contribution in [0.5, 0.6) is 0 Å². The van der Waals surface area contributed by atoms with Gasteiger partial charge in [-0.2, -0.15) is 0 Å². The molecule has 0 unspecified atom stereocenters. The van der Waals surface area contributed by atoms with Crippen molar-refractivity contribution in [3.63, 3.8) is 0 Å². The van der Waals surface area contributed by atoms with Crippen LogP contribution in [-0.4, -0.2) is 25.5 Å². The maximum Gasteiger partial charge on any atom is 0.303 e. The van der Waals surface area contributed by atoms with E-state index in [4.69, 9.17) is 5.84 Å². The molecule has 0 saturated heterocycles. The summed E-state index contributed by atoms with van der Waals surface area (Å²) >= 11 is 0. The lowest BCUT2D eigenvalue weighted by molar-refractivity contribution is 0.0942. The number of hydrogen-bond donors (Lipinski definition) is 2. The van der Waals surface area contributed by atoms with Crippen LogP contribution in [-0.2, 0) is 0 Å². The second-order valence-corrected chi connectivity index (χ2v) is 3.45. The lowest BCUT2D eigenvalue weighted by atomic mass is 10.2. The van der Waals surface area contributed by atoms with Crippen molar-refractivity contribution < 1.29 is 4.79 Å². The molecule has 0 aliphatic heterocycles. The summed E-state index contributed by atoms with van der Waals surface area (Å²) in [6.07, 6.45) is 1.50. The van der Waals surface area contributed by atoms with Crippen LogP contribution in [0.2, 0.25) is 0 Å². The van der Waals surface area contributed by atoms with Gasteiger partial charge >= 0.3 is 5.91 Å². The summed E-state index contributed by atoms with van der Waals surface area (Å²) in [7, 11) is 0. The molecule has 0 atom stereocenters. The molecule has 0 saturated carbocycles. The van der Waals surface area contributed by atoms with E-state index in [1.165, 1.54) is 10.7 Å². The standard InChI is InChI=1S/C10H8N6O/c11-13-10(17)9-15-14-8-6-3-1-2-4-7(6)12-5-16(8)9/h1-5H,11H2,(H,13,17). The number of para-hydroxylation sites is 1. The molecule has 0 fully saturated rings. The van der Waals surface area contributed by atoms with Crippen LogP contribution < -0.4 is 11.3 Å². The van der Waals surface area contributed by atoms with E-state index in [-0.39, 0.29) is 5.82 Å². The Labute approximate surface area is 95.2 Å². The Kier molecular flexibility index (Phi) is 1.99. The SMILES string of the molecule is NNC(=O)c1nnc2c3ccccc3ncn12. The van der Waals surface area contributed by atoms with Crippen molar-refractivity contribution in [2.24, 2.45) is 5.84 Å². The van der Waals surface area contributed by atoms with E-state index in [1.807, 2.05) is 29.7 Å². The Morgan fingerprint density at radius 1 is 1.29 bits per heavy atom. The van der Waals surface area contributed by atoms with Crippen molar-refractivity contribution >= 4 is 22.5 Å². The van der Waals surface area contributed by atoms with Crippen LogP contribution in [0.25, 0.3) is 16.6 Å². The molecule has 0 radical (unpaired) electrons. The van der Waals surface area contributed by atoms with Crippen LogP contribution in [0.15, 0.2) is 30.6 Å². The van der Waals surface area contributed by atoms with E-state index in [2.05, 4.69) is 15.2 Å². The fourth-order valence-corrected chi connectivity index (χ4v) is 1.70. The molecule has 7 heteroatoms. The Hall–Kier alpha value is -2.54. The number of hydrazine groups is 1. The van der Waals surface area contributed by atoms with E-state index < -0.39 is 5.91 Å². The first-order chi connectivity index (χ1) is 8.31. The Morgan fingerprint density at radius 2 is 2.12 bits per heavy atom. The molecule has 3 rings (SSSR count). The second-order valence-electron chi connectivity index (χ2n) is 3.45. The number of rotatable bonds is 1. The summed E-state index contributed by atoms with van der Waals surface area (Å²) in [5, 5.41) is 8.60. The number of carbonyl (C=O) groups excluding carboxylic acids is 1. The number of fused-ring (bicyclic) bond motifs is 3. The topological polar surface area (TPSA) is 98.2 Å². The van der Waals surface area contributed by atoms with E-state index in [0.717, 1.165) is 10.9 Å². The zero-order valence-electron chi connectivity index (χ0n) is 8.66. The number of nitrogen functional groups attached to an aromatic ring is 1. The van der Waals surface area contributed by atoms with Crippen LogP contribution in [0, 0.1) is 0 Å². The first-order valence-corrected chi connectivity index (χ1v) is 4.90. The maximum absolute atomic E-state index is 11.4. The molecule has 0 aliphatic rings. The molecule has 84 valence electrons. The van der Waals surface area contributed by atoms with Crippen molar-refractivity contribution in [3.8, 4) is 0 Å². The van der Waals surface area contributed by atoms with E-state index in [1.54, 1.807) is 0 Å². The lowest BCUT2D eigenvalue weighted by Crippen LogP contribution is -2.31. The van der Waals surface area contributed by atoms with Gasteiger partial charge in [-0.1, -0.05) is 12.1 Å². The minimum atomic E-state index is -0.505. The number of nitrogens with two attached hydrogens (primary N) is 1. The summed E-state index contributed by atoms with van der Waals surface area (Å²) in [6, 6.07) is 7.50. The Balaban J connectivity index is 2.39. The first-order valence-electron chi connectivity index (χ1n) is 4.90. The molecule has 1 aromatic carbocycles. The molecule has 7 nitrogen and oxygen atoms in total. The third kappa shape index (κ3) is 1.33.